The Bertz CT molecular complexity index is 1160. The number of tetrazole rings is 1. The number of aromatic nitrogens is 6. The zero-order chi connectivity index (χ0) is 19.2. The number of H-pyrrole nitrogens is 1. The predicted octanol–water partition coefficient (Wildman–Crippen LogP) is 3.23. The van der Waals surface area contributed by atoms with Gasteiger partial charge in [0.2, 0.25) is 5.82 Å². The quantitative estimate of drug-likeness (QED) is 0.607. The van der Waals surface area contributed by atoms with E-state index in [-0.39, 0.29) is 11.1 Å². The number of rotatable bonds is 3. The first-order valence-electron chi connectivity index (χ1n) is 8.88. The summed E-state index contributed by atoms with van der Waals surface area (Å²) >= 11 is 0. The van der Waals surface area contributed by atoms with Gasteiger partial charge < -0.3 is 0 Å². The van der Waals surface area contributed by atoms with Crippen LogP contribution in [0.1, 0.15) is 20.8 Å². The molecule has 1 N–H and O–H groups in total. The molecule has 4 rings (SSSR count). The molecule has 2 aromatic carbocycles. The van der Waals surface area contributed by atoms with Gasteiger partial charge in [0, 0.05) is 19.2 Å². The Kier molecular flexibility index (Phi) is 3.95. The van der Waals surface area contributed by atoms with Crippen molar-refractivity contribution in [1.82, 2.24) is 29.8 Å². The summed E-state index contributed by atoms with van der Waals surface area (Å²) < 4.78 is 3.56. The van der Waals surface area contributed by atoms with Crippen LogP contribution in [-0.4, -0.2) is 29.8 Å². The number of benzene rings is 2. The van der Waals surface area contributed by atoms with Crippen molar-refractivity contribution in [2.45, 2.75) is 27.3 Å². The van der Waals surface area contributed by atoms with E-state index in [1.54, 1.807) is 4.57 Å². The monoisotopic (exact) mass is 362 g/mol. The first kappa shape index (κ1) is 17.2. The maximum atomic E-state index is 12.8. The molecule has 27 heavy (non-hydrogen) atoms. The molecule has 0 aliphatic carbocycles. The molecule has 7 heteroatoms. The van der Waals surface area contributed by atoms with Crippen LogP contribution in [0.2, 0.25) is 0 Å². The molecule has 0 radical (unpaired) electrons. The smallest absolute Gasteiger partial charge is 0.295 e. The van der Waals surface area contributed by atoms with E-state index in [1.807, 2.05) is 48.0 Å². The van der Waals surface area contributed by atoms with Gasteiger partial charge in [0.05, 0.1) is 11.0 Å². The molecule has 2 heterocycles. The number of aromatic amines is 1. The van der Waals surface area contributed by atoms with Gasteiger partial charge in [-0.05, 0) is 33.9 Å². The average molecular weight is 362 g/mol. The number of imidazole rings is 1. The van der Waals surface area contributed by atoms with Gasteiger partial charge in [-0.1, -0.05) is 51.1 Å². The molecule has 7 nitrogen and oxygen atoms in total. The zero-order valence-electron chi connectivity index (χ0n) is 15.9. The molecule has 0 saturated heterocycles. The van der Waals surface area contributed by atoms with E-state index in [4.69, 9.17) is 0 Å². The van der Waals surface area contributed by atoms with E-state index < -0.39 is 0 Å². The lowest BCUT2D eigenvalue weighted by Gasteiger charge is -2.18. The van der Waals surface area contributed by atoms with Crippen LogP contribution < -0.4 is 5.69 Å². The Hall–Kier alpha value is -3.22. The molecule has 0 amide bonds. The second kappa shape index (κ2) is 6.19. The molecule has 0 spiro atoms. The van der Waals surface area contributed by atoms with Crippen molar-refractivity contribution in [3.8, 4) is 22.5 Å². The topological polar surface area (TPSA) is 81.4 Å². The number of hydrogen-bond donors (Lipinski definition) is 1. The van der Waals surface area contributed by atoms with Crippen LogP contribution in [0.5, 0.6) is 0 Å². The summed E-state index contributed by atoms with van der Waals surface area (Å²) in [7, 11) is 1.82. The summed E-state index contributed by atoms with van der Waals surface area (Å²) in [5, 5.41) is 14.4. The fraction of sp³-hybridized carbons (Fsp3) is 0.300. The molecule has 0 saturated carbocycles. The summed E-state index contributed by atoms with van der Waals surface area (Å²) in [5.41, 5.74) is 4.77. The fourth-order valence-electron chi connectivity index (χ4n) is 3.41. The third-order valence-corrected chi connectivity index (χ3v) is 4.60. The van der Waals surface area contributed by atoms with Crippen molar-refractivity contribution in [3.63, 3.8) is 0 Å². The molecule has 0 unspecified atom stereocenters. The van der Waals surface area contributed by atoms with Gasteiger partial charge in [0.25, 0.3) is 0 Å². The molecule has 138 valence electrons. The SMILES string of the molecule is Cn1c(=O)n(CC(C)(C)C)c2ccc(-c3ccccc3-c3nn[nH]n3)cc21. The zero-order valence-corrected chi connectivity index (χ0v) is 15.9. The van der Waals surface area contributed by atoms with Crippen molar-refractivity contribution in [2.75, 3.05) is 0 Å². The van der Waals surface area contributed by atoms with Crippen LogP contribution in [-0.2, 0) is 13.6 Å². The standard InChI is InChI=1S/C20H22N6O/c1-20(2,3)12-26-16-10-9-13(11-17(16)25(4)19(26)27)14-7-5-6-8-15(14)18-21-23-24-22-18/h5-11H,12H2,1-4H3,(H,21,22,23,24). The van der Waals surface area contributed by atoms with E-state index >= 15 is 0 Å². The number of aryl methyl sites for hydroxylation is 1. The van der Waals surface area contributed by atoms with Gasteiger partial charge in [0.15, 0.2) is 0 Å². The largest absolute Gasteiger partial charge is 0.328 e. The molecule has 0 atom stereocenters. The second-order valence-corrected chi connectivity index (χ2v) is 7.97. The van der Waals surface area contributed by atoms with Crippen LogP contribution >= 0.6 is 0 Å². The van der Waals surface area contributed by atoms with Crippen molar-refractivity contribution in [3.05, 3.63) is 52.9 Å². The third-order valence-electron chi connectivity index (χ3n) is 4.60. The third kappa shape index (κ3) is 3.05. The number of nitrogens with one attached hydrogen (secondary N) is 1. The molecule has 4 aromatic rings. The Balaban J connectivity index is 1.90. The van der Waals surface area contributed by atoms with Crippen LogP contribution in [0.15, 0.2) is 47.3 Å². The molecule has 0 bridgehead atoms. The summed E-state index contributed by atoms with van der Waals surface area (Å²) in [6, 6.07) is 14.0. The lowest BCUT2D eigenvalue weighted by atomic mass is 9.96. The molecule has 0 aliphatic heterocycles. The highest BCUT2D eigenvalue weighted by atomic mass is 16.1. The van der Waals surface area contributed by atoms with E-state index in [2.05, 4.69) is 47.5 Å². The second-order valence-electron chi connectivity index (χ2n) is 7.97. The van der Waals surface area contributed by atoms with Crippen molar-refractivity contribution >= 4 is 11.0 Å². The van der Waals surface area contributed by atoms with Crippen molar-refractivity contribution in [1.29, 1.82) is 0 Å². The van der Waals surface area contributed by atoms with Crippen molar-refractivity contribution in [2.24, 2.45) is 12.5 Å². The van der Waals surface area contributed by atoms with Crippen LogP contribution in [0.4, 0.5) is 0 Å². The normalized spacial score (nSPS) is 12.0. The number of fused-ring (bicyclic) bond motifs is 1. The van der Waals surface area contributed by atoms with Crippen LogP contribution in [0, 0.1) is 5.41 Å². The highest BCUT2D eigenvalue weighted by Gasteiger charge is 2.19. The first-order chi connectivity index (χ1) is 12.8. The summed E-state index contributed by atoms with van der Waals surface area (Å²) in [6.07, 6.45) is 0. The Labute approximate surface area is 156 Å². The Morgan fingerprint density at radius 1 is 1.04 bits per heavy atom. The van der Waals surface area contributed by atoms with Crippen LogP contribution in [0.25, 0.3) is 33.5 Å². The van der Waals surface area contributed by atoms with E-state index in [1.165, 1.54) is 0 Å². The summed E-state index contributed by atoms with van der Waals surface area (Å²) in [4.78, 5) is 12.8. The lowest BCUT2D eigenvalue weighted by molar-refractivity contribution is 0.342. The van der Waals surface area contributed by atoms with E-state index in [0.29, 0.717) is 12.4 Å². The van der Waals surface area contributed by atoms with Gasteiger partial charge in [-0.3, -0.25) is 9.13 Å². The number of nitrogens with zero attached hydrogens (tertiary/aromatic N) is 5. The van der Waals surface area contributed by atoms with Gasteiger partial charge in [0.1, 0.15) is 0 Å². The Morgan fingerprint density at radius 2 is 1.78 bits per heavy atom. The fourth-order valence-corrected chi connectivity index (χ4v) is 3.41. The van der Waals surface area contributed by atoms with Gasteiger partial charge in [-0.2, -0.15) is 5.21 Å². The molecule has 2 aromatic heterocycles. The van der Waals surface area contributed by atoms with E-state index in [0.717, 1.165) is 27.7 Å². The minimum Gasteiger partial charge on any atom is -0.295 e. The predicted molar refractivity (Wildman–Crippen MR) is 105 cm³/mol. The van der Waals surface area contributed by atoms with Gasteiger partial charge in [-0.25, -0.2) is 4.79 Å². The molecular weight excluding hydrogens is 340 g/mol. The average Bonchev–Trinajstić information content (AvgIpc) is 3.25. The van der Waals surface area contributed by atoms with Crippen LogP contribution in [0.3, 0.4) is 0 Å². The molecule has 0 fully saturated rings. The lowest BCUT2D eigenvalue weighted by Crippen LogP contribution is -2.27. The maximum absolute atomic E-state index is 12.8. The first-order valence-corrected chi connectivity index (χ1v) is 8.88. The molecular formula is C20H22N6O. The summed E-state index contributed by atoms with van der Waals surface area (Å²) in [5.74, 6) is 0.546. The molecule has 0 aliphatic rings. The van der Waals surface area contributed by atoms with E-state index in [9.17, 15) is 4.79 Å². The van der Waals surface area contributed by atoms with Crippen molar-refractivity contribution < 1.29 is 0 Å². The Morgan fingerprint density at radius 3 is 2.44 bits per heavy atom. The number of hydrogen-bond acceptors (Lipinski definition) is 4. The van der Waals surface area contributed by atoms with Gasteiger partial charge in [-0.15, -0.1) is 10.2 Å². The minimum absolute atomic E-state index is 0.00327. The minimum atomic E-state index is 0.00327. The summed E-state index contributed by atoms with van der Waals surface area (Å²) in [6.45, 7) is 7.07. The highest BCUT2D eigenvalue weighted by Crippen LogP contribution is 2.31. The highest BCUT2D eigenvalue weighted by molar-refractivity contribution is 5.87. The maximum Gasteiger partial charge on any atom is 0.328 e. The van der Waals surface area contributed by atoms with Gasteiger partial charge >= 0.3 is 5.69 Å².